The van der Waals surface area contributed by atoms with Crippen molar-refractivity contribution in [2.45, 2.75) is 66.5 Å². The Morgan fingerprint density at radius 3 is 2.10 bits per heavy atom. The number of carbonyl (C=O) groups excluding carboxylic acids is 1. The van der Waals surface area contributed by atoms with Crippen LogP contribution in [-0.4, -0.2) is 29.5 Å². The molecule has 1 fully saturated rings. The Bertz CT molecular complexity index is 749. The Morgan fingerprint density at radius 2 is 1.55 bits per heavy atom. The quantitative estimate of drug-likeness (QED) is 0.527. The molecule has 1 amide bonds. The molecule has 1 aliphatic heterocycles. The summed E-state index contributed by atoms with van der Waals surface area (Å²) in [7, 11) is 0. The molecule has 1 N–H and O–H groups in total. The Morgan fingerprint density at radius 1 is 0.966 bits per heavy atom. The molecule has 3 nitrogen and oxygen atoms in total. The van der Waals surface area contributed by atoms with Gasteiger partial charge in [0.05, 0.1) is 13.1 Å². The van der Waals surface area contributed by atoms with E-state index in [1.54, 1.807) is 0 Å². The standard InChI is InChI=1S/C24H32N2O.CH4.Y/c1-4-22(24(27)25-23-19(2)12-11-13-20(23)3)26(16-9-6-10-17-26)18-21-14-7-5-8-15-21;;/h5,7-8,11-15,22H,4,6,9-10,16-18H2,1-3H3;1H4;/p+1. The number of para-hydroxylation sites is 1. The van der Waals surface area contributed by atoms with E-state index >= 15 is 0 Å². The predicted octanol–water partition coefficient (Wildman–Crippen LogP) is 5.86. The number of piperidine rings is 1. The van der Waals surface area contributed by atoms with E-state index in [0.29, 0.717) is 0 Å². The molecule has 1 saturated heterocycles. The molecule has 0 spiro atoms. The minimum absolute atomic E-state index is 0. The molecule has 4 heteroatoms. The van der Waals surface area contributed by atoms with E-state index < -0.39 is 0 Å². The minimum Gasteiger partial charge on any atom is -0.320 e. The first-order valence-corrected chi connectivity index (χ1v) is 10.3. The molecule has 1 radical (unpaired) electrons. The summed E-state index contributed by atoms with van der Waals surface area (Å²) in [6.45, 7) is 9.42. The number of hydrogen-bond acceptors (Lipinski definition) is 1. The van der Waals surface area contributed by atoms with Crippen LogP contribution in [-0.2, 0) is 44.0 Å². The van der Waals surface area contributed by atoms with Crippen LogP contribution in [0.3, 0.4) is 0 Å². The van der Waals surface area contributed by atoms with Crippen LogP contribution in [0.2, 0.25) is 0 Å². The van der Waals surface area contributed by atoms with Crippen molar-refractivity contribution in [3.63, 3.8) is 0 Å². The number of nitrogens with zero attached hydrogens (tertiary/aromatic N) is 1. The van der Waals surface area contributed by atoms with Crippen LogP contribution in [0.25, 0.3) is 0 Å². The summed E-state index contributed by atoms with van der Waals surface area (Å²) in [6, 6.07) is 16.8. The van der Waals surface area contributed by atoms with Crippen molar-refractivity contribution in [3.05, 3.63) is 65.2 Å². The van der Waals surface area contributed by atoms with Crippen LogP contribution in [0, 0.1) is 13.8 Å². The second-order valence-electron chi connectivity index (χ2n) is 8.05. The maximum Gasteiger partial charge on any atom is 0.282 e. The molecule has 0 saturated carbocycles. The van der Waals surface area contributed by atoms with Crippen LogP contribution in [0.4, 0.5) is 5.69 Å². The number of likely N-dealkylation sites (tertiary alicyclic amines) is 1. The first-order valence-electron chi connectivity index (χ1n) is 10.3. The van der Waals surface area contributed by atoms with Gasteiger partial charge in [-0.1, -0.05) is 62.9 Å². The smallest absolute Gasteiger partial charge is 0.282 e. The van der Waals surface area contributed by atoms with E-state index in [1.807, 2.05) is 6.07 Å². The zero-order chi connectivity index (χ0) is 19.3. The zero-order valence-corrected chi connectivity index (χ0v) is 20.4. The van der Waals surface area contributed by atoms with Gasteiger partial charge in [-0.25, -0.2) is 0 Å². The molecule has 1 atom stereocenters. The minimum atomic E-state index is -0.00971. The van der Waals surface area contributed by atoms with Gasteiger partial charge in [0.2, 0.25) is 0 Å². The summed E-state index contributed by atoms with van der Waals surface area (Å²) in [5.41, 5.74) is 4.58. The van der Waals surface area contributed by atoms with Gasteiger partial charge in [-0.05, 0) is 44.2 Å². The van der Waals surface area contributed by atoms with Crippen molar-refractivity contribution in [1.82, 2.24) is 0 Å². The Kier molecular flexibility index (Phi) is 10.7. The number of benzene rings is 2. The third-order valence-corrected chi connectivity index (χ3v) is 6.13. The molecule has 0 aromatic heterocycles. The zero-order valence-electron chi connectivity index (χ0n) is 17.6. The largest absolute Gasteiger partial charge is 0.320 e. The molecule has 29 heavy (non-hydrogen) atoms. The topological polar surface area (TPSA) is 29.1 Å². The SMILES string of the molecule is C.CCC(C(=O)Nc1c(C)cccc1C)[N+]1(Cc2ccccc2)CCCCC1.[Y]. The number of quaternary nitrogens is 1. The predicted molar refractivity (Wildman–Crippen MR) is 119 cm³/mol. The number of aryl methyl sites for hydroxylation is 2. The maximum absolute atomic E-state index is 13.4. The number of rotatable bonds is 6. The summed E-state index contributed by atoms with van der Waals surface area (Å²) >= 11 is 0. The molecule has 2 aromatic rings. The fraction of sp³-hybridized carbons (Fsp3) is 0.480. The van der Waals surface area contributed by atoms with Crippen LogP contribution in [0.5, 0.6) is 0 Å². The van der Waals surface area contributed by atoms with Crippen LogP contribution in [0.1, 0.15) is 56.7 Å². The Labute approximate surface area is 202 Å². The van der Waals surface area contributed by atoms with Crippen molar-refractivity contribution in [3.8, 4) is 0 Å². The summed E-state index contributed by atoms with van der Waals surface area (Å²) in [5, 5.41) is 3.28. The van der Waals surface area contributed by atoms with Crippen molar-refractivity contribution >= 4 is 11.6 Å². The third kappa shape index (κ3) is 6.23. The van der Waals surface area contributed by atoms with E-state index in [2.05, 4.69) is 68.6 Å². The van der Waals surface area contributed by atoms with Gasteiger partial charge in [-0.2, -0.15) is 0 Å². The second-order valence-corrected chi connectivity index (χ2v) is 8.05. The van der Waals surface area contributed by atoms with Gasteiger partial charge in [0, 0.05) is 50.4 Å². The molecule has 2 aromatic carbocycles. The van der Waals surface area contributed by atoms with Gasteiger partial charge in [0.15, 0.2) is 6.04 Å². The fourth-order valence-corrected chi connectivity index (χ4v) is 4.71. The van der Waals surface area contributed by atoms with E-state index in [1.165, 1.54) is 24.8 Å². The Hall–Kier alpha value is -1.03. The van der Waals surface area contributed by atoms with Crippen molar-refractivity contribution in [1.29, 1.82) is 0 Å². The van der Waals surface area contributed by atoms with Gasteiger partial charge in [0.25, 0.3) is 5.91 Å². The van der Waals surface area contributed by atoms with Crippen LogP contribution in [0.15, 0.2) is 48.5 Å². The number of amides is 1. The van der Waals surface area contributed by atoms with Gasteiger partial charge in [0.1, 0.15) is 6.54 Å². The summed E-state index contributed by atoms with van der Waals surface area (Å²) in [4.78, 5) is 13.4. The van der Waals surface area contributed by atoms with Crippen LogP contribution >= 0.6 is 0 Å². The van der Waals surface area contributed by atoms with Gasteiger partial charge in [-0.3, -0.25) is 4.79 Å². The number of carbonyl (C=O) groups is 1. The monoisotopic (exact) mass is 470 g/mol. The normalized spacial score (nSPS) is 16.1. The van der Waals surface area contributed by atoms with Crippen molar-refractivity contribution in [2.24, 2.45) is 0 Å². The summed E-state index contributed by atoms with van der Waals surface area (Å²) in [5.74, 6) is 0.174. The van der Waals surface area contributed by atoms with E-state index in [4.69, 9.17) is 0 Å². The number of anilines is 1. The molecule has 1 unspecified atom stereocenters. The van der Waals surface area contributed by atoms with Gasteiger partial charge < -0.3 is 9.80 Å². The molecular formula is C25H37N2OY+. The third-order valence-electron chi connectivity index (χ3n) is 6.13. The second kappa shape index (κ2) is 12.0. The van der Waals surface area contributed by atoms with E-state index in [9.17, 15) is 4.79 Å². The molecule has 1 heterocycles. The van der Waals surface area contributed by atoms with Crippen molar-refractivity contribution < 1.29 is 42.0 Å². The number of hydrogen-bond donors (Lipinski definition) is 1. The summed E-state index contributed by atoms with van der Waals surface area (Å²) in [6.07, 6.45) is 4.56. The maximum atomic E-state index is 13.4. The van der Waals surface area contributed by atoms with Gasteiger partial charge >= 0.3 is 0 Å². The average Bonchev–Trinajstić information content (AvgIpc) is 2.67. The van der Waals surface area contributed by atoms with Crippen molar-refractivity contribution in [2.75, 3.05) is 18.4 Å². The molecule has 155 valence electrons. The number of nitrogens with one attached hydrogen (secondary N) is 1. The summed E-state index contributed by atoms with van der Waals surface area (Å²) < 4.78 is 0.886. The van der Waals surface area contributed by atoms with Crippen LogP contribution < -0.4 is 5.32 Å². The fourth-order valence-electron chi connectivity index (χ4n) is 4.71. The van der Waals surface area contributed by atoms with E-state index in [0.717, 1.165) is 47.4 Å². The molecule has 3 rings (SSSR count). The van der Waals surface area contributed by atoms with E-state index in [-0.39, 0.29) is 52.1 Å². The molecular weight excluding hydrogens is 433 g/mol. The van der Waals surface area contributed by atoms with Gasteiger partial charge in [-0.15, -0.1) is 0 Å². The Balaban J connectivity index is 0.00000210. The average molecular weight is 470 g/mol. The molecule has 0 aliphatic carbocycles. The first kappa shape index (κ1) is 26.0. The first-order chi connectivity index (χ1) is 13.1. The molecule has 0 bridgehead atoms. The molecule has 1 aliphatic rings.